The molecule has 4 N–H and O–H groups in total. The van der Waals surface area contributed by atoms with Crippen LogP contribution in [-0.2, 0) is 10.4 Å². The maximum atomic E-state index is 13.6. The molecule has 3 aliphatic carbocycles. The van der Waals surface area contributed by atoms with Gasteiger partial charge in [0, 0.05) is 30.5 Å². The predicted molar refractivity (Wildman–Crippen MR) is 114 cm³/mol. The van der Waals surface area contributed by atoms with Crippen molar-refractivity contribution in [1.29, 1.82) is 0 Å². The minimum Gasteiger partial charge on any atom is -0.507 e. The average Bonchev–Trinajstić information content (AvgIpc) is 2.71. The van der Waals surface area contributed by atoms with Gasteiger partial charge in [-0.05, 0) is 42.9 Å². The van der Waals surface area contributed by atoms with Crippen molar-refractivity contribution in [3.8, 4) is 5.75 Å². The van der Waals surface area contributed by atoms with E-state index in [1.807, 2.05) is 13.0 Å². The minimum absolute atomic E-state index is 0.0435. The molecule has 1 aromatic heterocycles. The number of hydrogen-bond donors (Lipinski definition) is 4. The number of hydrogen-bond acceptors (Lipinski definition) is 6. The fraction of sp³-hybridized carbons (Fsp3) is 0.625. The number of fused-ring (bicyclic) bond motifs is 1. The Morgan fingerprint density at radius 1 is 1.19 bits per heavy atom. The molecule has 1 aromatic rings. The summed E-state index contributed by atoms with van der Waals surface area (Å²) in [6, 6.07) is 0. The Labute approximate surface area is 181 Å². The van der Waals surface area contributed by atoms with Crippen molar-refractivity contribution in [2.75, 3.05) is 0 Å². The van der Waals surface area contributed by atoms with Crippen molar-refractivity contribution in [3.63, 3.8) is 0 Å². The molecule has 31 heavy (non-hydrogen) atoms. The summed E-state index contributed by atoms with van der Waals surface area (Å²) >= 11 is 0. The number of carbonyl (C=O) groups excluding carboxylic acids is 2. The quantitative estimate of drug-likeness (QED) is 0.432. The Hall–Kier alpha value is -2.25. The SMILES string of the molecule is C[C@@H]1CC[C@H]2[C@H](C(=O)c3c(O)c(C4(O)CCC(=O)CC4O)c[nH]c3=O)[C@H](C)C=C[C@@H]2C1. The molecule has 2 fully saturated rings. The summed E-state index contributed by atoms with van der Waals surface area (Å²) in [5.41, 5.74) is -3.08. The molecular formula is C24H31NO6. The second-order valence-corrected chi connectivity index (χ2v) is 9.82. The fourth-order valence-corrected chi connectivity index (χ4v) is 5.92. The van der Waals surface area contributed by atoms with Crippen molar-refractivity contribution in [2.45, 2.75) is 64.1 Å². The number of aliphatic hydroxyl groups is 2. The maximum absolute atomic E-state index is 13.6. The summed E-state index contributed by atoms with van der Waals surface area (Å²) < 4.78 is 0. The number of rotatable bonds is 3. The molecule has 0 amide bonds. The Balaban J connectivity index is 1.74. The van der Waals surface area contributed by atoms with Gasteiger partial charge >= 0.3 is 0 Å². The lowest BCUT2D eigenvalue weighted by Crippen LogP contribution is -2.45. The monoisotopic (exact) mass is 429 g/mol. The number of nitrogens with one attached hydrogen (secondary N) is 1. The van der Waals surface area contributed by atoms with Gasteiger partial charge < -0.3 is 20.3 Å². The Kier molecular flexibility index (Phi) is 5.68. The van der Waals surface area contributed by atoms with Gasteiger partial charge in [-0.3, -0.25) is 14.4 Å². The third-order valence-electron chi connectivity index (χ3n) is 7.75. The zero-order valence-electron chi connectivity index (χ0n) is 18.0. The second-order valence-electron chi connectivity index (χ2n) is 9.82. The van der Waals surface area contributed by atoms with Crippen molar-refractivity contribution >= 4 is 11.6 Å². The van der Waals surface area contributed by atoms with Crippen LogP contribution in [0.5, 0.6) is 5.75 Å². The van der Waals surface area contributed by atoms with Gasteiger partial charge in [-0.1, -0.05) is 32.4 Å². The molecule has 7 atom stereocenters. The van der Waals surface area contributed by atoms with Crippen molar-refractivity contribution < 1.29 is 24.9 Å². The molecule has 0 aromatic carbocycles. The number of aromatic amines is 1. The van der Waals surface area contributed by atoms with Gasteiger partial charge in [-0.2, -0.15) is 0 Å². The normalized spacial score (nSPS) is 38.0. The van der Waals surface area contributed by atoms with Gasteiger partial charge in [-0.25, -0.2) is 0 Å². The lowest BCUT2D eigenvalue weighted by atomic mass is 9.61. The molecule has 2 saturated carbocycles. The molecular weight excluding hydrogens is 398 g/mol. The number of pyridine rings is 1. The fourth-order valence-electron chi connectivity index (χ4n) is 5.92. The van der Waals surface area contributed by atoms with Gasteiger partial charge in [0.15, 0.2) is 5.78 Å². The van der Waals surface area contributed by atoms with E-state index in [2.05, 4.69) is 18.0 Å². The maximum Gasteiger partial charge on any atom is 0.262 e. The lowest BCUT2D eigenvalue weighted by Gasteiger charge is -2.42. The lowest BCUT2D eigenvalue weighted by molar-refractivity contribution is -0.142. The summed E-state index contributed by atoms with van der Waals surface area (Å²) in [4.78, 5) is 40.4. The van der Waals surface area contributed by atoms with Crippen molar-refractivity contribution in [2.24, 2.45) is 29.6 Å². The van der Waals surface area contributed by atoms with E-state index < -0.39 is 34.7 Å². The zero-order valence-corrected chi connectivity index (χ0v) is 18.0. The first-order valence-corrected chi connectivity index (χ1v) is 11.2. The molecule has 7 heteroatoms. The molecule has 0 radical (unpaired) electrons. The van der Waals surface area contributed by atoms with Crippen LogP contribution < -0.4 is 5.56 Å². The number of ketones is 2. The Bertz CT molecular complexity index is 981. The van der Waals surface area contributed by atoms with Crippen LogP contribution >= 0.6 is 0 Å². The van der Waals surface area contributed by atoms with Crippen LogP contribution in [0.4, 0.5) is 0 Å². The molecule has 168 valence electrons. The van der Waals surface area contributed by atoms with Crippen LogP contribution in [0.25, 0.3) is 0 Å². The zero-order chi connectivity index (χ0) is 22.5. The second kappa shape index (κ2) is 8.02. The van der Waals surface area contributed by atoms with Gasteiger partial charge in [0.05, 0.1) is 6.10 Å². The largest absolute Gasteiger partial charge is 0.507 e. The van der Waals surface area contributed by atoms with Crippen LogP contribution in [-0.4, -0.2) is 38.0 Å². The molecule has 0 spiro atoms. The van der Waals surface area contributed by atoms with Gasteiger partial charge in [-0.15, -0.1) is 0 Å². The van der Waals surface area contributed by atoms with Crippen LogP contribution in [0.3, 0.4) is 0 Å². The number of aromatic nitrogens is 1. The van der Waals surface area contributed by atoms with Crippen LogP contribution in [0, 0.1) is 29.6 Å². The first kappa shape index (κ1) is 22.0. The third-order valence-corrected chi connectivity index (χ3v) is 7.75. The third kappa shape index (κ3) is 3.68. The van der Waals surface area contributed by atoms with E-state index in [1.165, 1.54) is 0 Å². The number of aliphatic hydroxyl groups excluding tert-OH is 1. The molecule has 4 rings (SSSR count). The first-order valence-electron chi connectivity index (χ1n) is 11.2. The van der Waals surface area contributed by atoms with E-state index in [0.717, 1.165) is 25.5 Å². The van der Waals surface area contributed by atoms with E-state index >= 15 is 0 Å². The van der Waals surface area contributed by atoms with E-state index in [4.69, 9.17) is 0 Å². The standard InChI is InChI=1S/C24H31NO6/c1-12-3-6-16-14(9-12)5-4-13(2)19(16)22(29)20-21(28)17(11-25-23(20)30)24(31)8-7-15(26)10-18(24)27/h4-5,11-14,16,18-19,27,31H,3,6-10H2,1-2H3,(H2,25,28,30)/t12-,13-,14-,16-,18?,19-,24?/m1/s1. The topological polar surface area (TPSA) is 128 Å². The van der Waals surface area contributed by atoms with Gasteiger partial charge in [0.1, 0.15) is 22.7 Å². The highest BCUT2D eigenvalue weighted by molar-refractivity contribution is 6.01. The van der Waals surface area contributed by atoms with Crippen molar-refractivity contribution in [3.05, 3.63) is 39.8 Å². The summed E-state index contributed by atoms with van der Waals surface area (Å²) in [6.07, 6.45) is 6.55. The number of H-pyrrole nitrogens is 1. The van der Waals surface area contributed by atoms with E-state index in [1.54, 1.807) is 0 Å². The summed E-state index contributed by atoms with van der Waals surface area (Å²) in [6.45, 7) is 4.16. The molecule has 0 saturated heterocycles. The Morgan fingerprint density at radius 2 is 1.94 bits per heavy atom. The molecule has 7 nitrogen and oxygen atoms in total. The number of aromatic hydroxyl groups is 1. The molecule has 2 unspecified atom stereocenters. The molecule has 0 aliphatic heterocycles. The number of Topliss-reactive ketones (excluding diaryl/α,β-unsaturated/α-hetero) is 2. The predicted octanol–water partition coefficient (Wildman–Crippen LogP) is 2.44. The van der Waals surface area contributed by atoms with E-state index in [-0.39, 0.29) is 53.9 Å². The van der Waals surface area contributed by atoms with E-state index in [9.17, 15) is 29.7 Å². The summed E-state index contributed by atoms with van der Waals surface area (Å²) in [5.74, 6) is -0.750. The number of carbonyl (C=O) groups is 2. The summed E-state index contributed by atoms with van der Waals surface area (Å²) in [5, 5.41) is 32.4. The van der Waals surface area contributed by atoms with Crippen LogP contribution in [0.1, 0.15) is 68.3 Å². The summed E-state index contributed by atoms with van der Waals surface area (Å²) in [7, 11) is 0. The first-order chi connectivity index (χ1) is 14.6. The highest BCUT2D eigenvalue weighted by atomic mass is 16.3. The number of allylic oxidation sites excluding steroid dienone is 2. The average molecular weight is 430 g/mol. The molecule has 0 bridgehead atoms. The molecule has 3 aliphatic rings. The highest BCUT2D eigenvalue weighted by Gasteiger charge is 2.47. The van der Waals surface area contributed by atoms with Crippen LogP contribution in [0.2, 0.25) is 0 Å². The smallest absolute Gasteiger partial charge is 0.262 e. The van der Waals surface area contributed by atoms with Gasteiger partial charge in [0.25, 0.3) is 5.56 Å². The van der Waals surface area contributed by atoms with Gasteiger partial charge in [0.2, 0.25) is 0 Å². The molecule has 1 heterocycles. The Morgan fingerprint density at radius 3 is 2.65 bits per heavy atom. The minimum atomic E-state index is -1.90. The highest BCUT2D eigenvalue weighted by Crippen LogP contribution is 2.47. The van der Waals surface area contributed by atoms with E-state index in [0.29, 0.717) is 5.92 Å². The van der Waals surface area contributed by atoms with Crippen molar-refractivity contribution in [1.82, 2.24) is 4.98 Å². The van der Waals surface area contributed by atoms with Crippen LogP contribution in [0.15, 0.2) is 23.1 Å².